The van der Waals surface area contributed by atoms with Gasteiger partial charge < -0.3 is 10.6 Å². The first kappa shape index (κ1) is 15.3. The van der Waals surface area contributed by atoms with E-state index in [9.17, 15) is 4.39 Å². The number of H-pyrrole nitrogens is 2. The number of hydrogen-bond donors (Lipinski definition) is 4. The van der Waals surface area contributed by atoms with Crippen LogP contribution in [0, 0.1) is 5.82 Å². The third kappa shape index (κ3) is 2.91. The molecule has 0 unspecified atom stereocenters. The molecule has 5 aromatic rings. The summed E-state index contributed by atoms with van der Waals surface area (Å²) in [6, 6.07) is 11.2. The minimum Gasteiger partial charge on any atom is -0.338 e. The van der Waals surface area contributed by atoms with Crippen molar-refractivity contribution >= 4 is 44.9 Å². The molecule has 0 aliphatic carbocycles. The molecule has 0 bridgehead atoms. The Morgan fingerprint density at radius 2 is 1.41 bits per heavy atom. The lowest BCUT2D eigenvalue weighted by Gasteiger charge is -2.09. The van der Waals surface area contributed by atoms with Gasteiger partial charge in [0.15, 0.2) is 11.6 Å². The normalized spacial score (nSPS) is 11.1. The van der Waals surface area contributed by atoms with Crippen molar-refractivity contribution in [2.45, 2.75) is 0 Å². The van der Waals surface area contributed by atoms with Crippen molar-refractivity contribution < 1.29 is 4.39 Å². The van der Waals surface area contributed by atoms with Crippen LogP contribution in [0.5, 0.6) is 0 Å². The zero-order chi connectivity index (χ0) is 18.2. The van der Waals surface area contributed by atoms with E-state index in [-0.39, 0.29) is 11.8 Å². The van der Waals surface area contributed by atoms with Gasteiger partial charge in [0, 0.05) is 22.1 Å². The van der Waals surface area contributed by atoms with Crippen LogP contribution >= 0.6 is 0 Å². The molecule has 0 fully saturated rings. The lowest BCUT2D eigenvalue weighted by Crippen LogP contribution is -2.03. The molecule has 0 radical (unpaired) electrons. The predicted octanol–water partition coefficient (Wildman–Crippen LogP) is 3.86. The molecular formula is C18H13FN8. The zero-order valence-electron chi connectivity index (χ0n) is 13.9. The van der Waals surface area contributed by atoms with E-state index in [0.29, 0.717) is 5.69 Å². The molecular weight excluding hydrogens is 347 g/mol. The summed E-state index contributed by atoms with van der Waals surface area (Å²) in [4.78, 5) is 8.25. The van der Waals surface area contributed by atoms with E-state index in [2.05, 4.69) is 41.0 Å². The number of halogens is 1. The van der Waals surface area contributed by atoms with Gasteiger partial charge >= 0.3 is 0 Å². The maximum absolute atomic E-state index is 14.2. The molecule has 0 aliphatic heterocycles. The van der Waals surface area contributed by atoms with Gasteiger partial charge in [-0.25, -0.2) is 9.37 Å². The minimum absolute atomic E-state index is 0.0831. The quantitative estimate of drug-likeness (QED) is 0.388. The molecule has 2 aromatic carbocycles. The van der Waals surface area contributed by atoms with Crippen LogP contribution in [0.3, 0.4) is 0 Å². The van der Waals surface area contributed by atoms with Crippen molar-refractivity contribution in [2.75, 3.05) is 10.6 Å². The van der Waals surface area contributed by atoms with E-state index in [1.807, 2.05) is 36.4 Å². The molecule has 8 nitrogen and oxygen atoms in total. The number of nitrogens with one attached hydrogen (secondary N) is 4. The Labute approximate surface area is 151 Å². The monoisotopic (exact) mass is 360 g/mol. The average molecular weight is 360 g/mol. The maximum Gasteiger partial charge on any atom is 0.229 e. The third-order valence-corrected chi connectivity index (χ3v) is 4.14. The fraction of sp³-hybridized carbons (Fsp3) is 0. The topological polar surface area (TPSA) is 107 Å². The largest absolute Gasteiger partial charge is 0.338 e. The van der Waals surface area contributed by atoms with Gasteiger partial charge in [-0.15, -0.1) is 0 Å². The molecule has 0 amide bonds. The number of benzene rings is 2. The van der Waals surface area contributed by atoms with Crippen molar-refractivity contribution in [3.8, 4) is 0 Å². The summed E-state index contributed by atoms with van der Waals surface area (Å²) in [5.74, 6) is -0.177. The highest BCUT2D eigenvalue weighted by molar-refractivity contribution is 5.83. The highest BCUT2D eigenvalue weighted by atomic mass is 19.1. The van der Waals surface area contributed by atoms with Gasteiger partial charge in [-0.3, -0.25) is 10.2 Å². The first-order valence-corrected chi connectivity index (χ1v) is 8.17. The first-order chi connectivity index (χ1) is 13.2. The summed E-state index contributed by atoms with van der Waals surface area (Å²) >= 11 is 0. The van der Waals surface area contributed by atoms with Crippen LogP contribution in [0.25, 0.3) is 21.8 Å². The molecule has 132 valence electrons. The van der Waals surface area contributed by atoms with Crippen LogP contribution < -0.4 is 10.6 Å². The molecule has 0 saturated heterocycles. The van der Waals surface area contributed by atoms with E-state index in [4.69, 9.17) is 0 Å². The second-order valence-corrected chi connectivity index (χ2v) is 5.98. The Kier molecular flexibility index (Phi) is 3.42. The van der Waals surface area contributed by atoms with Crippen LogP contribution in [0.15, 0.2) is 55.0 Å². The van der Waals surface area contributed by atoms with Crippen molar-refractivity contribution in [1.82, 2.24) is 30.4 Å². The highest BCUT2D eigenvalue weighted by Crippen LogP contribution is 2.24. The van der Waals surface area contributed by atoms with E-state index in [0.717, 1.165) is 33.7 Å². The van der Waals surface area contributed by atoms with Gasteiger partial charge in [-0.1, -0.05) is 0 Å². The standard InChI is InChI=1S/C18H13FN8/c19-14-9-20-18(24-13-2-4-16-11(6-13)8-22-27-16)25-17(14)23-12-1-3-15-10(5-12)7-21-26-15/h1-9H,(H,21,26)(H,22,27)(H2,20,23,24,25). The second-order valence-electron chi connectivity index (χ2n) is 5.98. The average Bonchev–Trinajstić information content (AvgIpc) is 3.32. The lowest BCUT2D eigenvalue weighted by atomic mass is 10.2. The van der Waals surface area contributed by atoms with Gasteiger partial charge in [0.05, 0.1) is 29.6 Å². The van der Waals surface area contributed by atoms with Gasteiger partial charge in [0.1, 0.15) is 0 Å². The van der Waals surface area contributed by atoms with Crippen molar-refractivity contribution in [2.24, 2.45) is 0 Å². The zero-order valence-corrected chi connectivity index (χ0v) is 13.9. The van der Waals surface area contributed by atoms with Crippen LogP contribution in [0.4, 0.5) is 27.5 Å². The van der Waals surface area contributed by atoms with Gasteiger partial charge in [-0.2, -0.15) is 15.2 Å². The van der Waals surface area contributed by atoms with Crippen molar-refractivity contribution in [3.05, 3.63) is 60.8 Å². The fourth-order valence-corrected chi connectivity index (χ4v) is 2.82. The lowest BCUT2D eigenvalue weighted by molar-refractivity contribution is 0.619. The summed E-state index contributed by atoms with van der Waals surface area (Å²) in [6.45, 7) is 0. The molecule has 0 saturated carbocycles. The molecule has 3 heterocycles. The first-order valence-electron chi connectivity index (χ1n) is 8.17. The smallest absolute Gasteiger partial charge is 0.229 e. The van der Waals surface area contributed by atoms with Crippen LogP contribution in [0.1, 0.15) is 0 Å². The Morgan fingerprint density at radius 3 is 2.07 bits per heavy atom. The fourth-order valence-electron chi connectivity index (χ4n) is 2.82. The van der Waals surface area contributed by atoms with Gasteiger partial charge in [0.2, 0.25) is 5.95 Å². The Morgan fingerprint density at radius 1 is 0.778 bits per heavy atom. The number of hydrogen-bond acceptors (Lipinski definition) is 6. The third-order valence-electron chi connectivity index (χ3n) is 4.14. The number of aromatic amines is 2. The molecule has 5 rings (SSSR count). The second kappa shape index (κ2) is 6.06. The van der Waals surface area contributed by atoms with Crippen LogP contribution in [0.2, 0.25) is 0 Å². The summed E-state index contributed by atoms with van der Waals surface area (Å²) in [5.41, 5.74) is 3.31. The molecule has 9 heteroatoms. The van der Waals surface area contributed by atoms with Crippen molar-refractivity contribution in [3.63, 3.8) is 0 Å². The van der Waals surface area contributed by atoms with Gasteiger partial charge in [-0.05, 0) is 36.4 Å². The number of rotatable bonds is 4. The number of anilines is 4. The molecule has 4 N–H and O–H groups in total. The Bertz CT molecular complexity index is 1260. The summed E-state index contributed by atoms with van der Waals surface area (Å²) in [7, 11) is 0. The number of aromatic nitrogens is 6. The Balaban J connectivity index is 1.42. The minimum atomic E-state index is -0.543. The van der Waals surface area contributed by atoms with Gasteiger partial charge in [0.25, 0.3) is 0 Å². The van der Waals surface area contributed by atoms with E-state index in [1.165, 1.54) is 0 Å². The van der Waals surface area contributed by atoms with E-state index >= 15 is 0 Å². The van der Waals surface area contributed by atoms with Crippen LogP contribution in [-0.2, 0) is 0 Å². The maximum atomic E-state index is 14.2. The predicted molar refractivity (Wildman–Crippen MR) is 101 cm³/mol. The van der Waals surface area contributed by atoms with Crippen LogP contribution in [-0.4, -0.2) is 30.4 Å². The summed E-state index contributed by atoms with van der Waals surface area (Å²) in [5, 5.41) is 21.7. The Hall–Kier alpha value is -4.01. The molecule has 0 atom stereocenters. The summed E-state index contributed by atoms with van der Waals surface area (Å²) < 4.78 is 14.2. The molecule has 27 heavy (non-hydrogen) atoms. The van der Waals surface area contributed by atoms with E-state index in [1.54, 1.807) is 12.4 Å². The summed E-state index contributed by atoms with van der Waals surface area (Å²) in [6.07, 6.45) is 4.56. The molecule has 0 aliphatic rings. The highest BCUT2D eigenvalue weighted by Gasteiger charge is 2.09. The van der Waals surface area contributed by atoms with Crippen molar-refractivity contribution in [1.29, 1.82) is 0 Å². The van der Waals surface area contributed by atoms with E-state index < -0.39 is 5.82 Å². The molecule has 0 spiro atoms. The number of nitrogens with zero attached hydrogens (tertiary/aromatic N) is 4. The number of fused-ring (bicyclic) bond motifs is 2. The SMILES string of the molecule is Fc1cnc(Nc2ccc3[nH]ncc3c2)nc1Nc1ccc2[nH]ncc2c1. The molecule has 3 aromatic heterocycles.